The van der Waals surface area contributed by atoms with E-state index in [1.165, 1.54) is 12.0 Å². The zero-order chi connectivity index (χ0) is 23.5. The molecule has 170 valence electrons. The zero-order valence-corrected chi connectivity index (χ0v) is 18.6. The van der Waals surface area contributed by atoms with Gasteiger partial charge >= 0.3 is 5.91 Å². The van der Waals surface area contributed by atoms with Crippen molar-refractivity contribution in [3.05, 3.63) is 77.1 Å². The maximum absolute atomic E-state index is 13.2. The van der Waals surface area contributed by atoms with Gasteiger partial charge in [-0.3, -0.25) is 14.5 Å². The lowest BCUT2D eigenvalue weighted by atomic mass is 9.95. The molecule has 0 spiro atoms. The molecular formula is C25H24N2O6. The van der Waals surface area contributed by atoms with Gasteiger partial charge in [0.25, 0.3) is 5.78 Å². The first-order chi connectivity index (χ1) is 15.9. The number of benzene rings is 2. The van der Waals surface area contributed by atoms with Crippen molar-refractivity contribution in [3.8, 4) is 11.5 Å². The van der Waals surface area contributed by atoms with Crippen LogP contribution in [0.4, 0.5) is 5.82 Å². The van der Waals surface area contributed by atoms with Crippen LogP contribution < -0.4 is 14.4 Å². The fourth-order valence-electron chi connectivity index (χ4n) is 3.77. The van der Waals surface area contributed by atoms with E-state index < -0.39 is 17.7 Å². The second-order valence-electron chi connectivity index (χ2n) is 7.62. The quantitative estimate of drug-likeness (QED) is 0.325. The smallest absolute Gasteiger partial charge is 0.301 e. The van der Waals surface area contributed by atoms with Gasteiger partial charge in [0, 0.05) is 11.6 Å². The number of Topliss-reactive ketones (excluding diaryl/α,β-unsaturated/α-hetero) is 1. The fourth-order valence-corrected chi connectivity index (χ4v) is 3.77. The number of hydrogen-bond donors (Lipinski definition) is 1. The Hall–Kier alpha value is -4.07. The summed E-state index contributed by atoms with van der Waals surface area (Å²) in [4.78, 5) is 27.5. The van der Waals surface area contributed by atoms with Crippen molar-refractivity contribution in [1.82, 2.24) is 5.16 Å². The minimum atomic E-state index is -0.925. The van der Waals surface area contributed by atoms with Crippen molar-refractivity contribution >= 4 is 23.3 Å². The topological polar surface area (TPSA) is 102 Å². The average molecular weight is 448 g/mol. The summed E-state index contributed by atoms with van der Waals surface area (Å²) in [5, 5.41) is 15.1. The number of carbonyl (C=O) groups excluding carboxylic acids is 2. The predicted octanol–water partition coefficient (Wildman–Crippen LogP) is 4.41. The van der Waals surface area contributed by atoms with Gasteiger partial charge in [0.15, 0.2) is 5.82 Å². The van der Waals surface area contributed by atoms with Gasteiger partial charge in [0.05, 0.1) is 25.3 Å². The van der Waals surface area contributed by atoms with Crippen LogP contribution in [0.15, 0.2) is 64.7 Å². The minimum absolute atomic E-state index is 0.0541. The molecule has 1 fully saturated rings. The van der Waals surface area contributed by atoms with Gasteiger partial charge < -0.3 is 19.1 Å². The van der Waals surface area contributed by atoms with E-state index in [0.717, 1.165) is 6.42 Å². The van der Waals surface area contributed by atoms with Crippen LogP contribution >= 0.6 is 0 Å². The Kier molecular flexibility index (Phi) is 6.17. The van der Waals surface area contributed by atoms with Crippen molar-refractivity contribution < 1.29 is 28.7 Å². The molecule has 0 aliphatic carbocycles. The summed E-state index contributed by atoms with van der Waals surface area (Å²) >= 11 is 0. The molecule has 1 atom stereocenters. The summed E-state index contributed by atoms with van der Waals surface area (Å²) < 4.78 is 16.1. The SMILES string of the molecule is CCCOc1cccc([C@H]2/C(=C(\O)c3cccc(OC)c3)C(=O)C(=O)N2c2cc(C)on2)c1. The lowest BCUT2D eigenvalue weighted by molar-refractivity contribution is -0.132. The highest BCUT2D eigenvalue weighted by Crippen LogP contribution is 2.42. The van der Waals surface area contributed by atoms with Crippen LogP contribution in [0.25, 0.3) is 5.76 Å². The van der Waals surface area contributed by atoms with E-state index in [0.29, 0.717) is 35.0 Å². The van der Waals surface area contributed by atoms with Gasteiger partial charge in [-0.2, -0.15) is 0 Å². The summed E-state index contributed by atoms with van der Waals surface area (Å²) in [5.74, 6) is -0.162. The Balaban J connectivity index is 1.90. The molecule has 1 saturated heterocycles. The number of aliphatic hydroxyl groups is 1. The molecule has 1 aliphatic heterocycles. The molecule has 1 amide bonds. The monoisotopic (exact) mass is 448 g/mol. The molecule has 2 heterocycles. The Morgan fingerprint density at radius 2 is 1.88 bits per heavy atom. The molecular weight excluding hydrogens is 424 g/mol. The zero-order valence-electron chi connectivity index (χ0n) is 18.6. The highest BCUT2D eigenvalue weighted by molar-refractivity contribution is 6.51. The molecule has 0 radical (unpaired) electrons. The van der Waals surface area contributed by atoms with E-state index in [2.05, 4.69) is 5.16 Å². The molecule has 4 rings (SSSR count). The number of aromatic nitrogens is 1. The maximum atomic E-state index is 13.2. The fraction of sp³-hybridized carbons (Fsp3) is 0.240. The first-order valence-electron chi connectivity index (χ1n) is 10.6. The number of anilines is 1. The molecule has 2 aromatic carbocycles. The molecule has 8 heteroatoms. The molecule has 1 aliphatic rings. The number of aliphatic hydroxyl groups excluding tert-OH is 1. The lowest BCUT2D eigenvalue weighted by Crippen LogP contribution is -2.29. The van der Waals surface area contributed by atoms with Gasteiger partial charge in [-0.25, -0.2) is 0 Å². The number of hydrogen-bond acceptors (Lipinski definition) is 7. The molecule has 33 heavy (non-hydrogen) atoms. The van der Waals surface area contributed by atoms with E-state index in [1.54, 1.807) is 61.5 Å². The van der Waals surface area contributed by atoms with Crippen molar-refractivity contribution in [1.29, 1.82) is 0 Å². The van der Waals surface area contributed by atoms with E-state index >= 15 is 0 Å². The van der Waals surface area contributed by atoms with Crippen molar-refractivity contribution in [2.24, 2.45) is 0 Å². The van der Waals surface area contributed by atoms with Crippen molar-refractivity contribution in [3.63, 3.8) is 0 Å². The second kappa shape index (κ2) is 9.20. The van der Waals surface area contributed by atoms with E-state index in [9.17, 15) is 14.7 Å². The molecule has 3 aromatic rings. The standard InChI is InChI=1S/C25H24N2O6/c1-4-11-32-19-10-5-7-16(13-19)22-21(23(28)17-8-6-9-18(14-17)31-3)24(29)25(30)27(22)20-12-15(2)33-26-20/h5-10,12-14,22,28H,4,11H2,1-3H3/b23-21+/t22-/m0/s1. The number of rotatable bonds is 7. The summed E-state index contributed by atoms with van der Waals surface area (Å²) in [5.41, 5.74) is 0.890. The van der Waals surface area contributed by atoms with Crippen LogP contribution in [0.2, 0.25) is 0 Å². The number of nitrogens with zero attached hydrogens (tertiary/aromatic N) is 2. The van der Waals surface area contributed by atoms with E-state index in [-0.39, 0.29) is 17.2 Å². The van der Waals surface area contributed by atoms with Gasteiger partial charge in [-0.15, -0.1) is 0 Å². The Morgan fingerprint density at radius 3 is 2.58 bits per heavy atom. The third kappa shape index (κ3) is 4.19. The Bertz CT molecular complexity index is 1230. The van der Waals surface area contributed by atoms with Crippen LogP contribution in [-0.4, -0.2) is 35.7 Å². The van der Waals surface area contributed by atoms with Gasteiger partial charge in [0.1, 0.15) is 23.0 Å². The van der Waals surface area contributed by atoms with Crippen LogP contribution in [0, 0.1) is 6.92 Å². The third-order valence-electron chi connectivity index (χ3n) is 5.30. The Morgan fingerprint density at radius 1 is 1.12 bits per heavy atom. The number of ketones is 1. The molecule has 8 nitrogen and oxygen atoms in total. The molecule has 1 aromatic heterocycles. The van der Waals surface area contributed by atoms with Gasteiger partial charge in [-0.1, -0.05) is 36.3 Å². The third-order valence-corrected chi connectivity index (χ3v) is 5.30. The number of carbonyl (C=O) groups is 2. The van der Waals surface area contributed by atoms with E-state index in [4.69, 9.17) is 14.0 Å². The molecule has 0 unspecified atom stereocenters. The molecule has 0 bridgehead atoms. The van der Waals surface area contributed by atoms with E-state index in [1.807, 2.05) is 6.92 Å². The normalized spacial score (nSPS) is 17.4. The van der Waals surface area contributed by atoms with Crippen molar-refractivity contribution in [2.45, 2.75) is 26.3 Å². The van der Waals surface area contributed by atoms with Crippen molar-refractivity contribution in [2.75, 3.05) is 18.6 Å². The molecule has 0 saturated carbocycles. The average Bonchev–Trinajstić information content (AvgIpc) is 3.37. The summed E-state index contributed by atoms with van der Waals surface area (Å²) in [6.45, 7) is 4.22. The van der Waals surface area contributed by atoms with Crippen LogP contribution in [0.1, 0.15) is 36.3 Å². The summed E-state index contributed by atoms with van der Waals surface area (Å²) in [7, 11) is 1.51. The highest BCUT2D eigenvalue weighted by Gasteiger charge is 2.48. The minimum Gasteiger partial charge on any atom is -0.507 e. The van der Waals surface area contributed by atoms with Crippen LogP contribution in [-0.2, 0) is 9.59 Å². The van der Waals surface area contributed by atoms with Crippen LogP contribution in [0.5, 0.6) is 11.5 Å². The Labute approximate surface area is 191 Å². The largest absolute Gasteiger partial charge is 0.507 e. The summed E-state index contributed by atoms with van der Waals surface area (Å²) in [6.07, 6.45) is 0.830. The number of ether oxygens (including phenoxy) is 2. The van der Waals surface area contributed by atoms with Crippen LogP contribution in [0.3, 0.4) is 0 Å². The highest BCUT2D eigenvalue weighted by atomic mass is 16.5. The van der Waals surface area contributed by atoms with Gasteiger partial charge in [-0.05, 0) is 43.2 Å². The van der Waals surface area contributed by atoms with Gasteiger partial charge in [0.2, 0.25) is 0 Å². The molecule has 1 N–H and O–H groups in total. The number of aryl methyl sites for hydroxylation is 1. The first-order valence-corrected chi connectivity index (χ1v) is 10.6. The number of methoxy groups -OCH3 is 1. The lowest BCUT2D eigenvalue weighted by Gasteiger charge is -2.23. The number of amides is 1. The predicted molar refractivity (Wildman–Crippen MR) is 121 cm³/mol. The second-order valence-corrected chi connectivity index (χ2v) is 7.62. The first kappa shape index (κ1) is 22.1. The maximum Gasteiger partial charge on any atom is 0.301 e. The summed E-state index contributed by atoms with van der Waals surface area (Å²) in [6, 6.07) is 14.4.